The van der Waals surface area contributed by atoms with Crippen LogP contribution in [0.25, 0.3) is 0 Å². The van der Waals surface area contributed by atoms with E-state index < -0.39 is 0 Å². The van der Waals surface area contributed by atoms with E-state index in [1.54, 1.807) is 0 Å². The van der Waals surface area contributed by atoms with E-state index in [0.29, 0.717) is 5.41 Å². The molecule has 1 fully saturated rings. The van der Waals surface area contributed by atoms with Gasteiger partial charge in [0.2, 0.25) is 0 Å². The lowest BCUT2D eigenvalue weighted by Gasteiger charge is -2.17. The minimum Gasteiger partial charge on any atom is -0.380 e. The highest BCUT2D eigenvalue weighted by atomic mass is 16.5. The molecule has 1 N–H and O–H groups in total. The minimum absolute atomic E-state index is 0.552. The zero-order valence-corrected chi connectivity index (χ0v) is 11.5. The molecule has 1 unspecified atom stereocenters. The molecule has 16 heavy (non-hydrogen) atoms. The fourth-order valence-electron chi connectivity index (χ4n) is 2.37. The smallest absolute Gasteiger partial charge is 0.0591 e. The Balaban J connectivity index is 1.92. The third kappa shape index (κ3) is 5.86. The van der Waals surface area contributed by atoms with Crippen LogP contribution in [0.1, 0.15) is 53.4 Å². The summed E-state index contributed by atoms with van der Waals surface area (Å²) in [7, 11) is 0. The predicted octanol–water partition coefficient (Wildman–Crippen LogP) is 3.22. The van der Waals surface area contributed by atoms with Gasteiger partial charge in [0.1, 0.15) is 0 Å². The van der Waals surface area contributed by atoms with Gasteiger partial charge in [-0.2, -0.15) is 0 Å². The van der Waals surface area contributed by atoms with Gasteiger partial charge in [-0.15, -0.1) is 0 Å². The van der Waals surface area contributed by atoms with Crippen LogP contribution in [0.5, 0.6) is 0 Å². The summed E-state index contributed by atoms with van der Waals surface area (Å²) in [6.07, 6.45) is 5.19. The lowest BCUT2D eigenvalue weighted by molar-refractivity contribution is 0.123. The van der Waals surface area contributed by atoms with Gasteiger partial charge in [0.15, 0.2) is 0 Å². The number of hydrogen-bond acceptors (Lipinski definition) is 2. The summed E-state index contributed by atoms with van der Waals surface area (Å²) in [5.41, 5.74) is 0.552. The Morgan fingerprint density at radius 2 is 2.06 bits per heavy atom. The van der Waals surface area contributed by atoms with Crippen molar-refractivity contribution in [3.63, 3.8) is 0 Å². The monoisotopic (exact) mass is 227 g/mol. The predicted molar refractivity (Wildman–Crippen MR) is 69.7 cm³/mol. The molecule has 0 aromatic heterocycles. The summed E-state index contributed by atoms with van der Waals surface area (Å²) in [5.74, 6) is 0.753. The largest absolute Gasteiger partial charge is 0.380 e. The first-order valence-electron chi connectivity index (χ1n) is 6.81. The van der Waals surface area contributed by atoms with Gasteiger partial charge in [-0.05, 0) is 37.0 Å². The molecular weight excluding hydrogens is 198 g/mol. The van der Waals surface area contributed by atoms with Crippen LogP contribution in [-0.4, -0.2) is 25.8 Å². The molecule has 2 heteroatoms. The molecule has 1 atom stereocenters. The molecule has 1 rings (SSSR count). The van der Waals surface area contributed by atoms with E-state index in [1.807, 2.05) is 0 Å². The SMILES string of the molecule is CC(C)CCOCCNC1CCC(C)(C)C1. The highest BCUT2D eigenvalue weighted by molar-refractivity contribution is 4.86. The Labute approximate surface area is 101 Å². The van der Waals surface area contributed by atoms with Crippen LogP contribution in [0.3, 0.4) is 0 Å². The van der Waals surface area contributed by atoms with Gasteiger partial charge in [0.25, 0.3) is 0 Å². The molecule has 0 heterocycles. The van der Waals surface area contributed by atoms with Crippen LogP contribution in [0.2, 0.25) is 0 Å². The van der Waals surface area contributed by atoms with Gasteiger partial charge >= 0.3 is 0 Å². The molecule has 0 aliphatic heterocycles. The molecule has 1 saturated carbocycles. The van der Waals surface area contributed by atoms with Crippen molar-refractivity contribution < 1.29 is 4.74 Å². The van der Waals surface area contributed by atoms with Crippen molar-refractivity contribution in [3.05, 3.63) is 0 Å². The first-order chi connectivity index (χ1) is 7.49. The second-order valence-electron chi connectivity index (χ2n) is 6.35. The molecule has 2 nitrogen and oxygen atoms in total. The first-order valence-corrected chi connectivity index (χ1v) is 6.81. The Kier molecular flexibility index (Phi) is 5.77. The number of rotatable bonds is 7. The maximum atomic E-state index is 5.59. The van der Waals surface area contributed by atoms with E-state index >= 15 is 0 Å². The van der Waals surface area contributed by atoms with Crippen molar-refractivity contribution in [2.24, 2.45) is 11.3 Å². The molecule has 0 amide bonds. The van der Waals surface area contributed by atoms with E-state index in [0.717, 1.165) is 31.7 Å². The van der Waals surface area contributed by atoms with Crippen LogP contribution < -0.4 is 5.32 Å². The summed E-state index contributed by atoms with van der Waals surface area (Å²) in [4.78, 5) is 0. The highest BCUT2D eigenvalue weighted by Gasteiger charge is 2.30. The molecule has 0 bridgehead atoms. The lowest BCUT2D eigenvalue weighted by Crippen LogP contribution is -2.30. The molecule has 0 saturated heterocycles. The highest BCUT2D eigenvalue weighted by Crippen LogP contribution is 2.36. The van der Waals surface area contributed by atoms with E-state index in [2.05, 4.69) is 33.0 Å². The van der Waals surface area contributed by atoms with Gasteiger partial charge < -0.3 is 10.1 Å². The quantitative estimate of drug-likeness (QED) is 0.674. The Morgan fingerprint density at radius 3 is 2.62 bits per heavy atom. The van der Waals surface area contributed by atoms with Crippen molar-refractivity contribution in [3.8, 4) is 0 Å². The molecular formula is C14H29NO. The molecule has 1 aliphatic rings. The minimum atomic E-state index is 0.552. The normalized spacial score (nSPS) is 24.2. The lowest BCUT2D eigenvalue weighted by atomic mass is 9.92. The topological polar surface area (TPSA) is 21.3 Å². The standard InChI is InChI=1S/C14H29NO/c1-12(2)6-9-16-10-8-15-13-5-7-14(3,4)11-13/h12-13,15H,5-11H2,1-4H3. The molecule has 1 aliphatic carbocycles. The second kappa shape index (κ2) is 6.61. The number of ether oxygens (including phenoxy) is 1. The van der Waals surface area contributed by atoms with Crippen molar-refractivity contribution >= 4 is 0 Å². The van der Waals surface area contributed by atoms with E-state index in [9.17, 15) is 0 Å². The molecule has 0 aromatic carbocycles. The second-order valence-corrected chi connectivity index (χ2v) is 6.35. The summed E-state index contributed by atoms with van der Waals surface area (Å²) in [6, 6.07) is 0.726. The van der Waals surface area contributed by atoms with Gasteiger partial charge in [-0.1, -0.05) is 27.7 Å². The average molecular weight is 227 g/mol. The number of nitrogens with one attached hydrogen (secondary N) is 1. The van der Waals surface area contributed by atoms with Crippen molar-refractivity contribution in [2.75, 3.05) is 19.8 Å². The maximum Gasteiger partial charge on any atom is 0.0591 e. The first kappa shape index (κ1) is 14.0. The fraction of sp³-hybridized carbons (Fsp3) is 1.00. The van der Waals surface area contributed by atoms with Gasteiger partial charge in [-0.3, -0.25) is 0 Å². The summed E-state index contributed by atoms with van der Waals surface area (Å²) in [6.45, 7) is 12.0. The molecule has 0 aromatic rings. The van der Waals surface area contributed by atoms with Crippen LogP contribution in [-0.2, 0) is 4.74 Å². The Hall–Kier alpha value is -0.0800. The zero-order chi connectivity index (χ0) is 12.0. The Bertz CT molecular complexity index is 189. The number of hydrogen-bond donors (Lipinski definition) is 1. The van der Waals surface area contributed by atoms with Crippen molar-refractivity contribution in [2.45, 2.75) is 59.4 Å². The van der Waals surface area contributed by atoms with Crippen molar-refractivity contribution in [1.29, 1.82) is 0 Å². The van der Waals surface area contributed by atoms with E-state index in [-0.39, 0.29) is 0 Å². The van der Waals surface area contributed by atoms with Crippen LogP contribution in [0.4, 0.5) is 0 Å². The molecule has 0 radical (unpaired) electrons. The zero-order valence-electron chi connectivity index (χ0n) is 11.5. The van der Waals surface area contributed by atoms with Crippen LogP contribution >= 0.6 is 0 Å². The van der Waals surface area contributed by atoms with Crippen LogP contribution in [0.15, 0.2) is 0 Å². The van der Waals surface area contributed by atoms with Crippen molar-refractivity contribution in [1.82, 2.24) is 5.32 Å². The van der Waals surface area contributed by atoms with Gasteiger partial charge in [0.05, 0.1) is 6.61 Å². The fourth-order valence-corrected chi connectivity index (χ4v) is 2.37. The van der Waals surface area contributed by atoms with Gasteiger partial charge in [0, 0.05) is 19.2 Å². The Morgan fingerprint density at radius 1 is 1.31 bits per heavy atom. The van der Waals surface area contributed by atoms with E-state index in [1.165, 1.54) is 25.7 Å². The molecule has 0 spiro atoms. The third-order valence-corrected chi connectivity index (χ3v) is 3.49. The average Bonchev–Trinajstić information content (AvgIpc) is 2.51. The third-order valence-electron chi connectivity index (χ3n) is 3.49. The van der Waals surface area contributed by atoms with Gasteiger partial charge in [-0.25, -0.2) is 0 Å². The van der Waals surface area contributed by atoms with Crippen LogP contribution in [0, 0.1) is 11.3 Å². The summed E-state index contributed by atoms with van der Waals surface area (Å²) < 4.78 is 5.59. The van der Waals surface area contributed by atoms with E-state index in [4.69, 9.17) is 4.74 Å². The summed E-state index contributed by atoms with van der Waals surface area (Å²) in [5, 5.41) is 3.60. The molecule has 96 valence electrons. The maximum absolute atomic E-state index is 5.59. The summed E-state index contributed by atoms with van der Waals surface area (Å²) >= 11 is 0.